The molecule has 1 saturated heterocycles. The van der Waals surface area contributed by atoms with E-state index in [1.54, 1.807) is 12.3 Å². The first kappa shape index (κ1) is 17.9. The molecule has 2 heterocycles. The van der Waals surface area contributed by atoms with Crippen LogP contribution in [0.5, 0.6) is 0 Å². The fourth-order valence-electron chi connectivity index (χ4n) is 3.56. The summed E-state index contributed by atoms with van der Waals surface area (Å²) in [4.78, 5) is 1.91. The number of β-amino-alcohol motifs (C(OH)–C–C–N with tert-alkyl or cyclic N) is 1. The van der Waals surface area contributed by atoms with E-state index in [4.69, 9.17) is 0 Å². The summed E-state index contributed by atoms with van der Waals surface area (Å²) in [6, 6.07) is 7.20. The van der Waals surface area contributed by atoms with Gasteiger partial charge < -0.3 is 5.11 Å². The molecular formula is C18H22F3N3O. The van der Waals surface area contributed by atoms with Crippen molar-refractivity contribution >= 4 is 0 Å². The molecule has 1 N–H and O–H groups in total. The molecule has 0 aliphatic carbocycles. The topological polar surface area (TPSA) is 41.3 Å². The standard InChI is InChI=1S/C18H22F3N3O/c1-12(2)24-13(7-8-22-24)10-23-11-14(25)9-17(23)15-5-3-4-6-16(15)18(19,20)21/h3-8,12,14,17,25H,9-11H2,1-2H3. The van der Waals surface area contributed by atoms with E-state index < -0.39 is 23.9 Å². The molecule has 2 aromatic rings. The molecule has 1 aromatic heterocycles. The smallest absolute Gasteiger partial charge is 0.392 e. The van der Waals surface area contributed by atoms with Crippen molar-refractivity contribution in [2.45, 2.75) is 51.2 Å². The van der Waals surface area contributed by atoms with Crippen molar-refractivity contribution in [3.05, 3.63) is 53.3 Å². The van der Waals surface area contributed by atoms with Crippen LogP contribution in [0.2, 0.25) is 0 Å². The SMILES string of the molecule is CC(C)n1nccc1CN1CC(O)CC1c1ccccc1C(F)(F)F. The number of aromatic nitrogens is 2. The molecule has 2 atom stereocenters. The summed E-state index contributed by atoms with van der Waals surface area (Å²) in [5, 5.41) is 14.4. The summed E-state index contributed by atoms with van der Waals surface area (Å²) in [7, 11) is 0. The van der Waals surface area contributed by atoms with Gasteiger partial charge in [0.25, 0.3) is 0 Å². The fourth-order valence-corrected chi connectivity index (χ4v) is 3.56. The van der Waals surface area contributed by atoms with Gasteiger partial charge in [0.2, 0.25) is 0 Å². The zero-order chi connectivity index (χ0) is 18.2. The molecule has 25 heavy (non-hydrogen) atoms. The average Bonchev–Trinajstić information content (AvgIpc) is 3.13. The summed E-state index contributed by atoms with van der Waals surface area (Å²) < 4.78 is 42.0. The van der Waals surface area contributed by atoms with E-state index in [9.17, 15) is 18.3 Å². The number of aliphatic hydroxyl groups excluding tert-OH is 1. The molecule has 136 valence electrons. The third-order valence-corrected chi connectivity index (χ3v) is 4.61. The molecule has 1 aromatic carbocycles. The molecule has 0 bridgehead atoms. The van der Waals surface area contributed by atoms with Gasteiger partial charge in [-0.15, -0.1) is 0 Å². The highest BCUT2D eigenvalue weighted by Crippen LogP contribution is 2.40. The Morgan fingerprint density at radius 1 is 1.24 bits per heavy atom. The molecule has 1 aliphatic rings. The second kappa shape index (κ2) is 6.80. The highest BCUT2D eigenvalue weighted by Gasteiger charge is 2.39. The molecule has 0 spiro atoms. The zero-order valence-electron chi connectivity index (χ0n) is 14.2. The summed E-state index contributed by atoms with van der Waals surface area (Å²) in [6.07, 6.45) is -3.06. The van der Waals surface area contributed by atoms with Crippen LogP contribution in [0.25, 0.3) is 0 Å². The van der Waals surface area contributed by atoms with Gasteiger partial charge in [-0.1, -0.05) is 18.2 Å². The van der Waals surface area contributed by atoms with Crippen LogP contribution >= 0.6 is 0 Å². The maximum Gasteiger partial charge on any atom is 0.416 e. The highest BCUT2D eigenvalue weighted by molar-refractivity contribution is 5.33. The van der Waals surface area contributed by atoms with Crippen LogP contribution in [-0.4, -0.2) is 32.4 Å². The van der Waals surface area contributed by atoms with Gasteiger partial charge in [0.05, 0.1) is 17.4 Å². The van der Waals surface area contributed by atoms with E-state index in [1.807, 2.05) is 29.5 Å². The van der Waals surface area contributed by atoms with Crippen molar-refractivity contribution in [3.8, 4) is 0 Å². The predicted molar refractivity (Wildman–Crippen MR) is 87.8 cm³/mol. The van der Waals surface area contributed by atoms with Gasteiger partial charge in [-0.2, -0.15) is 18.3 Å². The van der Waals surface area contributed by atoms with Crippen LogP contribution in [-0.2, 0) is 12.7 Å². The first-order valence-corrected chi connectivity index (χ1v) is 8.38. The molecular weight excluding hydrogens is 331 g/mol. The monoisotopic (exact) mass is 353 g/mol. The molecule has 4 nitrogen and oxygen atoms in total. The lowest BCUT2D eigenvalue weighted by molar-refractivity contribution is -0.138. The van der Waals surface area contributed by atoms with E-state index in [0.717, 1.165) is 11.8 Å². The minimum absolute atomic E-state index is 0.165. The minimum Gasteiger partial charge on any atom is -0.392 e. The average molecular weight is 353 g/mol. The number of likely N-dealkylation sites (tertiary alicyclic amines) is 1. The molecule has 1 fully saturated rings. The molecule has 3 rings (SSSR count). The largest absolute Gasteiger partial charge is 0.416 e. The number of benzene rings is 1. The van der Waals surface area contributed by atoms with Crippen LogP contribution in [0.4, 0.5) is 13.2 Å². The third kappa shape index (κ3) is 3.72. The van der Waals surface area contributed by atoms with E-state index in [1.165, 1.54) is 12.1 Å². The number of hydrogen-bond donors (Lipinski definition) is 1. The Balaban J connectivity index is 1.92. The van der Waals surface area contributed by atoms with Gasteiger partial charge in [0, 0.05) is 31.4 Å². The highest BCUT2D eigenvalue weighted by atomic mass is 19.4. The minimum atomic E-state index is -4.41. The van der Waals surface area contributed by atoms with Crippen LogP contribution < -0.4 is 0 Å². The summed E-state index contributed by atoms with van der Waals surface area (Å²) in [5.74, 6) is 0. The Kier molecular flexibility index (Phi) is 4.88. The van der Waals surface area contributed by atoms with E-state index in [-0.39, 0.29) is 11.6 Å². The molecule has 0 amide bonds. The predicted octanol–water partition coefficient (Wildman–Crippen LogP) is 3.79. The van der Waals surface area contributed by atoms with Crippen molar-refractivity contribution in [1.82, 2.24) is 14.7 Å². The Bertz CT molecular complexity index is 726. The normalized spacial score (nSPS) is 22.0. The zero-order valence-corrected chi connectivity index (χ0v) is 14.2. The van der Waals surface area contributed by atoms with Crippen LogP contribution in [0, 0.1) is 0 Å². The van der Waals surface area contributed by atoms with Gasteiger partial charge in [-0.3, -0.25) is 9.58 Å². The van der Waals surface area contributed by atoms with Gasteiger partial charge in [-0.05, 0) is 38.0 Å². The Hall–Kier alpha value is -1.86. The number of aliphatic hydroxyl groups is 1. The van der Waals surface area contributed by atoms with Gasteiger partial charge in [0.15, 0.2) is 0 Å². The van der Waals surface area contributed by atoms with E-state index >= 15 is 0 Å². The van der Waals surface area contributed by atoms with Crippen molar-refractivity contribution in [2.24, 2.45) is 0 Å². The van der Waals surface area contributed by atoms with E-state index in [2.05, 4.69) is 5.10 Å². The number of hydrogen-bond acceptors (Lipinski definition) is 3. The Morgan fingerprint density at radius 3 is 2.64 bits per heavy atom. The summed E-state index contributed by atoms with van der Waals surface area (Å²) in [5.41, 5.74) is 0.525. The maximum absolute atomic E-state index is 13.4. The molecule has 0 saturated carbocycles. The van der Waals surface area contributed by atoms with Crippen molar-refractivity contribution in [2.75, 3.05) is 6.54 Å². The van der Waals surface area contributed by atoms with Crippen LogP contribution in [0.15, 0.2) is 36.5 Å². The molecule has 0 radical (unpaired) electrons. The first-order valence-electron chi connectivity index (χ1n) is 8.38. The second-order valence-electron chi connectivity index (χ2n) is 6.78. The first-order chi connectivity index (χ1) is 11.8. The quantitative estimate of drug-likeness (QED) is 0.909. The van der Waals surface area contributed by atoms with E-state index in [0.29, 0.717) is 19.5 Å². The van der Waals surface area contributed by atoms with Crippen molar-refractivity contribution in [1.29, 1.82) is 0 Å². The lowest BCUT2D eigenvalue weighted by Crippen LogP contribution is -2.27. The van der Waals surface area contributed by atoms with Gasteiger partial charge in [-0.25, -0.2) is 0 Å². The molecule has 1 aliphatic heterocycles. The number of nitrogens with zero attached hydrogens (tertiary/aromatic N) is 3. The lowest BCUT2D eigenvalue weighted by atomic mass is 9.97. The van der Waals surface area contributed by atoms with Crippen LogP contribution in [0.1, 0.15) is 49.2 Å². The lowest BCUT2D eigenvalue weighted by Gasteiger charge is -2.27. The molecule has 2 unspecified atom stereocenters. The van der Waals surface area contributed by atoms with Crippen molar-refractivity contribution in [3.63, 3.8) is 0 Å². The Morgan fingerprint density at radius 2 is 1.96 bits per heavy atom. The maximum atomic E-state index is 13.4. The Labute approximate surface area is 144 Å². The fraction of sp³-hybridized carbons (Fsp3) is 0.500. The number of alkyl halides is 3. The second-order valence-corrected chi connectivity index (χ2v) is 6.78. The van der Waals surface area contributed by atoms with Crippen LogP contribution in [0.3, 0.4) is 0 Å². The number of rotatable bonds is 4. The molecule has 7 heteroatoms. The summed E-state index contributed by atoms with van der Waals surface area (Å²) in [6.45, 7) is 4.81. The summed E-state index contributed by atoms with van der Waals surface area (Å²) >= 11 is 0. The number of halogens is 3. The van der Waals surface area contributed by atoms with Gasteiger partial charge >= 0.3 is 6.18 Å². The third-order valence-electron chi connectivity index (χ3n) is 4.61. The van der Waals surface area contributed by atoms with Crippen molar-refractivity contribution < 1.29 is 18.3 Å². The van der Waals surface area contributed by atoms with Gasteiger partial charge in [0.1, 0.15) is 0 Å².